The van der Waals surface area contributed by atoms with E-state index in [0.29, 0.717) is 0 Å². The van der Waals surface area contributed by atoms with Gasteiger partial charge in [0.05, 0.1) is 19.0 Å². The quantitative estimate of drug-likeness (QED) is 0.395. The molecule has 0 fully saturated rings. The minimum Gasteiger partial charge on any atom is -0.497 e. The van der Waals surface area contributed by atoms with Gasteiger partial charge in [-0.15, -0.1) is 0 Å². The third-order valence-corrected chi connectivity index (χ3v) is 5.40. The molecule has 2 nitrogen and oxygen atoms in total. The summed E-state index contributed by atoms with van der Waals surface area (Å²) >= 11 is 9.63. The van der Waals surface area contributed by atoms with E-state index in [0.717, 1.165) is 21.5 Å². The molecular formula is C15H13Br2IO2. The van der Waals surface area contributed by atoms with Gasteiger partial charge in [-0.2, -0.15) is 0 Å². The zero-order chi connectivity index (χ0) is 14.7. The maximum Gasteiger partial charge on any atom is 0.123 e. The highest BCUT2D eigenvalue weighted by Crippen LogP contribution is 2.40. The van der Waals surface area contributed by atoms with Gasteiger partial charge in [0, 0.05) is 13.6 Å². The molecule has 0 aliphatic heterocycles. The van der Waals surface area contributed by atoms with Crippen molar-refractivity contribution in [2.45, 2.75) is 4.83 Å². The lowest BCUT2D eigenvalue weighted by Crippen LogP contribution is -2.00. The van der Waals surface area contributed by atoms with Crippen LogP contribution in [-0.2, 0) is 0 Å². The molecule has 0 spiro atoms. The first-order valence-corrected chi connectivity index (χ1v) is 8.66. The van der Waals surface area contributed by atoms with Gasteiger partial charge in [-0.25, -0.2) is 0 Å². The Labute approximate surface area is 149 Å². The molecule has 0 aromatic heterocycles. The Morgan fingerprint density at radius 1 is 1.00 bits per heavy atom. The van der Waals surface area contributed by atoms with Crippen molar-refractivity contribution in [2.75, 3.05) is 14.2 Å². The van der Waals surface area contributed by atoms with Crippen LogP contribution in [0.2, 0.25) is 0 Å². The fraction of sp³-hybridized carbons (Fsp3) is 0.200. The molecule has 0 radical (unpaired) electrons. The summed E-state index contributed by atoms with van der Waals surface area (Å²) in [6, 6.07) is 12.0. The van der Waals surface area contributed by atoms with Gasteiger partial charge >= 0.3 is 0 Å². The monoisotopic (exact) mass is 510 g/mol. The molecule has 0 N–H and O–H groups in total. The second-order valence-corrected chi connectivity index (χ2v) is 7.13. The van der Waals surface area contributed by atoms with E-state index in [-0.39, 0.29) is 4.83 Å². The van der Waals surface area contributed by atoms with Crippen molar-refractivity contribution in [3.63, 3.8) is 0 Å². The molecule has 1 atom stereocenters. The highest BCUT2D eigenvalue weighted by atomic mass is 127. The first-order chi connectivity index (χ1) is 9.56. The molecule has 2 rings (SSSR count). The number of alkyl halides is 1. The van der Waals surface area contributed by atoms with Gasteiger partial charge in [-0.1, -0.05) is 31.9 Å². The van der Waals surface area contributed by atoms with Crippen LogP contribution in [0, 0.1) is 3.57 Å². The summed E-state index contributed by atoms with van der Waals surface area (Å²) in [5.41, 5.74) is 2.23. The Bertz CT molecular complexity index is 617. The van der Waals surface area contributed by atoms with Crippen LogP contribution in [0.5, 0.6) is 11.5 Å². The fourth-order valence-corrected chi connectivity index (χ4v) is 4.10. The van der Waals surface area contributed by atoms with Crippen molar-refractivity contribution in [3.8, 4) is 11.5 Å². The highest BCUT2D eigenvalue weighted by molar-refractivity contribution is 14.1. The summed E-state index contributed by atoms with van der Waals surface area (Å²) in [5.74, 6) is 1.65. The Hall–Kier alpha value is -0.270. The first kappa shape index (κ1) is 16.1. The first-order valence-electron chi connectivity index (χ1n) is 5.87. The van der Waals surface area contributed by atoms with Gasteiger partial charge in [0.15, 0.2) is 0 Å². The predicted molar refractivity (Wildman–Crippen MR) is 97.2 cm³/mol. The molecule has 0 heterocycles. The maximum absolute atomic E-state index is 5.46. The summed E-state index contributed by atoms with van der Waals surface area (Å²) < 4.78 is 13.0. The largest absolute Gasteiger partial charge is 0.497 e. The van der Waals surface area contributed by atoms with E-state index in [1.54, 1.807) is 14.2 Å². The van der Waals surface area contributed by atoms with Crippen LogP contribution in [0.25, 0.3) is 0 Å². The van der Waals surface area contributed by atoms with Crippen molar-refractivity contribution in [1.82, 2.24) is 0 Å². The summed E-state index contributed by atoms with van der Waals surface area (Å²) in [6.45, 7) is 0. The minimum absolute atomic E-state index is 0.0388. The second-order valence-electron chi connectivity index (χ2n) is 4.14. The molecule has 0 saturated heterocycles. The zero-order valence-electron chi connectivity index (χ0n) is 11.0. The van der Waals surface area contributed by atoms with E-state index in [1.165, 1.54) is 9.13 Å². The van der Waals surface area contributed by atoms with Crippen LogP contribution in [0.15, 0.2) is 40.9 Å². The topological polar surface area (TPSA) is 18.5 Å². The number of halogens is 3. The van der Waals surface area contributed by atoms with Crippen LogP contribution >= 0.6 is 54.5 Å². The van der Waals surface area contributed by atoms with E-state index in [9.17, 15) is 0 Å². The Morgan fingerprint density at radius 3 is 2.40 bits per heavy atom. The Morgan fingerprint density at radius 2 is 1.75 bits per heavy atom. The number of ether oxygens (including phenoxy) is 2. The molecule has 20 heavy (non-hydrogen) atoms. The van der Waals surface area contributed by atoms with Crippen molar-refractivity contribution >= 4 is 54.5 Å². The average molecular weight is 512 g/mol. The number of benzene rings is 2. The van der Waals surface area contributed by atoms with Gasteiger partial charge in [-0.3, -0.25) is 0 Å². The third kappa shape index (κ3) is 3.49. The molecule has 0 amide bonds. The highest BCUT2D eigenvalue weighted by Gasteiger charge is 2.19. The molecule has 1 unspecified atom stereocenters. The lowest BCUT2D eigenvalue weighted by atomic mass is 10.0. The lowest BCUT2D eigenvalue weighted by Gasteiger charge is -2.17. The van der Waals surface area contributed by atoms with E-state index >= 15 is 0 Å². The maximum atomic E-state index is 5.46. The van der Waals surface area contributed by atoms with Crippen molar-refractivity contribution in [3.05, 3.63) is 55.6 Å². The predicted octanol–water partition coefficient (Wildman–Crippen LogP) is 5.56. The van der Waals surface area contributed by atoms with E-state index in [2.05, 4.69) is 66.6 Å². The van der Waals surface area contributed by atoms with Crippen LogP contribution in [-0.4, -0.2) is 14.2 Å². The van der Waals surface area contributed by atoms with Gasteiger partial charge < -0.3 is 9.47 Å². The number of hydrogen-bond acceptors (Lipinski definition) is 2. The molecule has 5 heteroatoms. The molecule has 2 aromatic rings. The van der Waals surface area contributed by atoms with Crippen LogP contribution in [0.3, 0.4) is 0 Å². The van der Waals surface area contributed by atoms with Gasteiger partial charge in [-0.05, 0) is 64.6 Å². The summed E-state index contributed by atoms with van der Waals surface area (Å²) in [7, 11) is 3.34. The summed E-state index contributed by atoms with van der Waals surface area (Å²) in [6.07, 6.45) is 0. The summed E-state index contributed by atoms with van der Waals surface area (Å²) in [5, 5.41) is 0. The number of methoxy groups -OCH3 is 2. The molecule has 0 aliphatic rings. The zero-order valence-corrected chi connectivity index (χ0v) is 16.3. The molecule has 0 bridgehead atoms. The van der Waals surface area contributed by atoms with Crippen molar-refractivity contribution in [2.24, 2.45) is 0 Å². The minimum atomic E-state index is 0.0388. The number of rotatable bonds is 4. The van der Waals surface area contributed by atoms with Gasteiger partial charge in [0.2, 0.25) is 0 Å². The second kappa shape index (κ2) is 7.13. The van der Waals surface area contributed by atoms with Gasteiger partial charge in [0.25, 0.3) is 0 Å². The Kier molecular flexibility index (Phi) is 5.74. The summed E-state index contributed by atoms with van der Waals surface area (Å²) in [4.78, 5) is 0.0388. The lowest BCUT2D eigenvalue weighted by molar-refractivity contribution is 0.399. The molecule has 2 aromatic carbocycles. The van der Waals surface area contributed by atoms with Gasteiger partial charge in [0.1, 0.15) is 11.5 Å². The van der Waals surface area contributed by atoms with E-state index < -0.39 is 0 Å². The standard InChI is InChI=1S/C15H13Br2IO2/c1-19-10-4-6-14(20-2)12(8-10)15(17)11-7-9(16)3-5-13(11)18/h3-8,15H,1-2H3. The Balaban J connectivity index is 2.51. The molecule has 106 valence electrons. The van der Waals surface area contributed by atoms with Crippen LogP contribution in [0.4, 0.5) is 0 Å². The molecule has 0 saturated carbocycles. The molecule has 0 aliphatic carbocycles. The smallest absolute Gasteiger partial charge is 0.123 e. The third-order valence-electron chi connectivity index (χ3n) is 2.94. The van der Waals surface area contributed by atoms with Crippen molar-refractivity contribution in [1.29, 1.82) is 0 Å². The van der Waals surface area contributed by atoms with E-state index in [1.807, 2.05) is 24.3 Å². The van der Waals surface area contributed by atoms with E-state index in [4.69, 9.17) is 9.47 Å². The van der Waals surface area contributed by atoms with Crippen LogP contribution < -0.4 is 9.47 Å². The van der Waals surface area contributed by atoms with Crippen LogP contribution in [0.1, 0.15) is 16.0 Å². The van der Waals surface area contributed by atoms with Crippen molar-refractivity contribution < 1.29 is 9.47 Å². The molecular weight excluding hydrogens is 499 g/mol. The average Bonchev–Trinajstić information content (AvgIpc) is 2.48. The fourth-order valence-electron chi connectivity index (χ4n) is 1.91. The SMILES string of the molecule is COc1ccc(OC)c(C(Br)c2cc(Br)ccc2I)c1. The number of hydrogen-bond donors (Lipinski definition) is 0. The normalized spacial score (nSPS) is 12.1.